The molecule has 4 bridgehead atoms. The standard InChI is InChI=1S/C21H31N3O.ClH/c1-14-7-18(3-4-19(14)22)20(25)23-5-2-6-24-21-11-15-8-16(12-21)10-17(9-15)13-21;/h3-4,7,15-17,24H,2,5-6,8-13,22H2,1H3,(H,23,25);1H. The lowest BCUT2D eigenvalue weighted by Crippen LogP contribution is -2.58. The molecule has 0 spiro atoms. The van der Waals surface area contributed by atoms with Crippen LogP contribution in [-0.4, -0.2) is 24.5 Å². The molecule has 0 aromatic heterocycles. The zero-order valence-electron chi connectivity index (χ0n) is 15.7. The molecule has 4 nitrogen and oxygen atoms in total. The fourth-order valence-corrected chi connectivity index (χ4v) is 5.89. The molecule has 144 valence electrons. The number of halogens is 1. The Bertz CT molecular complexity index is 625. The smallest absolute Gasteiger partial charge is 0.251 e. The first-order valence-corrected chi connectivity index (χ1v) is 9.92. The second-order valence-electron chi connectivity index (χ2n) is 8.81. The molecule has 4 fully saturated rings. The molecule has 1 aromatic carbocycles. The highest BCUT2D eigenvalue weighted by Gasteiger charge is 2.50. The van der Waals surface area contributed by atoms with Gasteiger partial charge in [0.2, 0.25) is 0 Å². The molecule has 4 aliphatic carbocycles. The highest BCUT2D eigenvalue weighted by molar-refractivity contribution is 5.94. The maximum absolute atomic E-state index is 12.2. The van der Waals surface area contributed by atoms with Gasteiger partial charge in [-0.3, -0.25) is 4.79 Å². The van der Waals surface area contributed by atoms with E-state index >= 15 is 0 Å². The number of carbonyl (C=O) groups excluding carboxylic acids is 1. The van der Waals surface area contributed by atoms with Gasteiger partial charge in [-0.05, 0) is 99.9 Å². The van der Waals surface area contributed by atoms with Crippen LogP contribution in [-0.2, 0) is 0 Å². The predicted octanol–water partition coefficient (Wildman–Crippen LogP) is 3.68. The van der Waals surface area contributed by atoms with Crippen LogP contribution in [0.4, 0.5) is 5.69 Å². The Morgan fingerprint density at radius 1 is 1.12 bits per heavy atom. The summed E-state index contributed by atoms with van der Waals surface area (Å²) in [6.07, 6.45) is 9.59. The van der Waals surface area contributed by atoms with Gasteiger partial charge in [0.25, 0.3) is 5.91 Å². The molecule has 5 rings (SSSR count). The monoisotopic (exact) mass is 377 g/mol. The average Bonchev–Trinajstić information content (AvgIpc) is 2.55. The van der Waals surface area contributed by atoms with Gasteiger partial charge in [0.05, 0.1) is 0 Å². The fraction of sp³-hybridized carbons (Fsp3) is 0.667. The van der Waals surface area contributed by atoms with E-state index in [0.29, 0.717) is 11.1 Å². The van der Waals surface area contributed by atoms with Crippen LogP contribution in [0.3, 0.4) is 0 Å². The summed E-state index contributed by atoms with van der Waals surface area (Å²) in [7, 11) is 0. The molecule has 0 radical (unpaired) electrons. The lowest BCUT2D eigenvalue weighted by molar-refractivity contribution is -0.0195. The fourth-order valence-electron chi connectivity index (χ4n) is 5.89. The maximum atomic E-state index is 12.2. The molecule has 0 saturated heterocycles. The summed E-state index contributed by atoms with van der Waals surface area (Å²) in [6, 6.07) is 5.46. The van der Waals surface area contributed by atoms with Crippen molar-refractivity contribution >= 4 is 24.0 Å². The van der Waals surface area contributed by atoms with Gasteiger partial charge in [0.1, 0.15) is 0 Å². The van der Waals surface area contributed by atoms with Gasteiger partial charge in [-0.25, -0.2) is 0 Å². The van der Waals surface area contributed by atoms with E-state index in [1.807, 2.05) is 13.0 Å². The van der Waals surface area contributed by atoms with Gasteiger partial charge in [-0.1, -0.05) is 0 Å². The molecule has 1 aromatic rings. The zero-order valence-corrected chi connectivity index (χ0v) is 16.5. The van der Waals surface area contributed by atoms with E-state index in [1.54, 1.807) is 12.1 Å². The molecule has 4 saturated carbocycles. The molecule has 26 heavy (non-hydrogen) atoms. The lowest BCUT2D eigenvalue weighted by atomic mass is 9.53. The molecule has 0 heterocycles. The van der Waals surface area contributed by atoms with Crippen molar-refractivity contribution in [2.75, 3.05) is 18.8 Å². The highest BCUT2D eigenvalue weighted by Crippen LogP contribution is 2.55. The SMILES string of the molecule is Cc1cc(C(=O)NCCCNC23CC4CC(CC(C4)C2)C3)ccc1N.Cl. The number of hydrogen-bond acceptors (Lipinski definition) is 3. The quantitative estimate of drug-likeness (QED) is 0.523. The van der Waals surface area contributed by atoms with Gasteiger partial charge in [-0.2, -0.15) is 0 Å². The van der Waals surface area contributed by atoms with Crippen molar-refractivity contribution in [3.05, 3.63) is 29.3 Å². The van der Waals surface area contributed by atoms with E-state index in [2.05, 4.69) is 10.6 Å². The number of anilines is 1. The van der Waals surface area contributed by atoms with Crippen LogP contribution in [0.2, 0.25) is 0 Å². The number of amides is 1. The molecule has 5 heteroatoms. The number of nitrogens with two attached hydrogens (primary N) is 1. The van der Waals surface area contributed by atoms with Crippen LogP contribution < -0.4 is 16.4 Å². The zero-order chi connectivity index (χ0) is 17.4. The largest absolute Gasteiger partial charge is 0.399 e. The van der Waals surface area contributed by atoms with Crippen molar-refractivity contribution < 1.29 is 4.79 Å². The normalized spacial score (nSPS) is 31.5. The number of carbonyl (C=O) groups is 1. The Hall–Kier alpha value is -1.26. The van der Waals surface area contributed by atoms with Gasteiger partial charge < -0.3 is 16.4 Å². The number of nitrogens with one attached hydrogen (secondary N) is 2. The van der Waals surface area contributed by atoms with Crippen LogP contribution in [0, 0.1) is 24.7 Å². The summed E-state index contributed by atoms with van der Waals surface area (Å²) in [5, 5.41) is 6.92. The maximum Gasteiger partial charge on any atom is 0.251 e. The van der Waals surface area contributed by atoms with E-state index in [4.69, 9.17) is 5.73 Å². The minimum absolute atomic E-state index is 0. The Balaban J connectivity index is 0.00000196. The second-order valence-corrected chi connectivity index (χ2v) is 8.81. The van der Waals surface area contributed by atoms with E-state index in [0.717, 1.165) is 48.5 Å². The molecule has 0 aliphatic heterocycles. The summed E-state index contributed by atoms with van der Waals surface area (Å²) in [5.74, 6) is 2.93. The molecule has 4 aliphatic rings. The molecular formula is C21H32ClN3O. The van der Waals surface area contributed by atoms with Crippen LogP contribution >= 0.6 is 12.4 Å². The summed E-state index contributed by atoms with van der Waals surface area (Å²) < 4.78 is 0. The van der Waals surface area contributed by atoms with Gasteiger partial charge in [-0.15, -0.1) is 12.4 Å². The van der Waals surface area contributed by atoms with Crippen molar-refractivity contribution in [3.63, 3.8) is 0 Å². The third-order valence-electron chi connectivity index (χ3n) is 6.71. The van der Waals surface area contributed by atoms with Crippen LogP contribution in [0.1, 0.15) is 60.9 Å². The van der Waals surface area contributed by atoms with E-state index in [9.17, 15) is 4.79 Å². The van der Waals surface area contributed by atoms with Crippen molar-refractivity contribution in [1.29, 1.82) is 0 Å². The molecule has 0 atom stereocenters. The number of hydrogen-bond donors (Lipinski definition) is 3. The molecular weight excluding hydrogens is 346 g/mol. The first kappa shape index (κ1) is 19.5. The third kappa shape index (κ3) is 4.01. The summed E-state index contributed by atoms with van der Waals surface area (Å²) >= 11 is 0. The molecule has 4 N–H and O–H groups in total. The van der Waals surface area contributed by atoms with E-state index in [1.165, 1.54) is 38.5 Å². The van der Waals surface area contributed by atoms with Crippen molar-refractivity contribution in [2.24, 2.45) is 17.8 Å². The second kappa shape index (κ2) is 7.77. The van der Waals surface area contributed by atoms with Crippen LogP contribution in [0.25, 0.3) is 0 Å². The first-order chi connectivity index (χ1) is 12.0. The van der Waals surface area contributed by atoms with Crippen LogP contribution in [0.15, 0.2) is 18.2 Å². The van der Waals surface area contributed by atoms with E-state index < -0.39 is 0 Å². The van der Waals surface area contributed by atoms with Crippen molar-refractivity contribution in [2.45, 2.75) is 57.4 Å². The molecule has 0 unspecified atom stereocenters. The van der Waals surface area contributed by atoms with Gasteiger partial charge in [0, 0.05) is 23.3 Å². The summed E-state index contributed by atoms with van der Waals surface area (Å²) in [4.78, 5) is 12.2. The van der Waals surface area contributed by atoms with Crippen molar-refractivity contribution in [3.8, 4) is 0 Å². The van der Waals surface area contributed by atoms with E-state index in [-0.39, 0.29) is 18.3 Å². The minimum Gasteiger partial charge on any atom is -0.399 e. The summed E-state index contributed by atoms with van der Waals surface area (Å²) in [5.41, 5.74) is 8.62. The topological polar surface area (TPSA) is 67.2 Å². The highest BCUT2D eigenvalue weighted by atomic mass is 35.5. The number of rotatable bonds is 6. The number of benzene rings is 1. The lowest BCUT2D eigenvalue weighted by Gasteiger charge is -2.57. The third-order valence-corrected chi connectivity index (χ3v) is 6.71. The van der Waals surface area contributed by atoms with Gasteiger partial charge in [0.15, 0.2) is 0 Å². The summed E-state index contributed by atoms with van der Waals surface area (Å²) in [6.45, 7) is 3.66. The number of nitrogen functional groups attached to an aromatic ring is 1. The Morgan fingerprint density at radius 2 is 1.73 bits per heavy atom. The predicted molar refractivity (Wildman–Crippen MR) is 109 cm³/mol. The van der Waals surface area contributed by atoms with Crippen molar-refractivity contribution in [1.82, 2.24) is 10.6 Å². The van der Waals surface area contributed by atoms with Gasteiger partial charge >= 0.3 is 0 Å². The van der Waals surface area contributed by atoms with Crippen LogP contribution in [0.5, 0.6) is 0 Å². The molecule has 1 amide bonds. The Kier molecular flexibility index (Phi) is 5.83. The Labute approximate surface area is 163 Å². The average molecular weight is 378 g/mol. The number of aryl methyl sites for hydroxylation is 1. The Morgan fingerprint density at radius 3 is 2.31 bits per heavy atom. The minimum atomic E-state index is -0.00194. The first-order valence-electron chi connectivity index (χ1n) is 9.92.